The second-order valence-corrected chi connectivity index (χ2v) is 5.62. The van der Waals surface area contributed by atoms with Crippen LogP contribution in [0.5, 0.6) is 5.75 Å². The molecular weight excluding hydrogens is 309 g/mol. The second kappa shape index (κ2) is 7.66. The predicted molar refractivity (Wildman–Crippen MR) is 86.1 cm³/mol. The van der Waals surface area contributed by atoms with Gasteiger partial charge in [0.15, 0.2) is 0 Å². The third-order valence-electron chi connectivity index (χ3n) is 3.12. The number of halogens is 2. The van der Waals surface area contributed by atoms with Gasteiger partial charge in [-0.05, 0) is 24.1 Å². The number of aliphatic hydroxyl groups is 1. The molecule has 0 amide bonds. The molecule has 0 saturated carbocycles. The van der Waals surface area contributed by atoms with Gasteiger partial charge in [0.2, 0.25) is 0 Å². The molecule has 0 radical (unpaired) electrons. The zero-order valence-corrected chi connectivity index (χ0v) is 12.9. The van der Waals surface area contributed by atoms with Crippen molar-refractivity contribution in [3.63, 3.8) is 0 Å². The van der Waals surface area contributed by atoms with E-state index >= 15 is 0 Å². The highest BCUT2D eigenvalue weighted by molar-refractivity contribution is 6.42. The molecule has 2 aromatic carbocycles. The van der Waals surface area contributed by atoms with E-state index in [9.17, 15) is 5.11 Å². The number of aliphatic hydroxyl groups excluding tert-OH is 1. The number of rotatable bonds is 6. The van der Waals surface area contributed by atoms with Crippen molar-refractivity contribution in [2.45, 2.75) is 18.6 Å². The molecule has 21 heavy (non-hydrogen) atoms. The summed E-state index contributed by atoms with van der Waals surface area (Å²) in [5.41, 5.74) is 7.07. The Morgan fingerprint density at radius 3 is 2.43 bits per heavy atom. The minimum absolute atomic E-state index is 0.103. The molecule has 0 saturated heterocycles. The van der Waals surface area contributed by atoms with Crippen LogP contribution in [-0.2, 0) is 6.42 Å². The van der Waals surface area contributed by atoms with E-state index in [1.165, 1.54) is 0 Å². The van der Waals surface area contributed by atoms with Crippen LogP contribution >= 0.6 is 23.2 Å². The molecule has 0 fully saturated rings. The van der Waals surface area contributed by atoms with Crippen LogP contribution in [0.2, 0.25) is 10.0 Å². The van der Waals surface area contributed by atoms with Crippen LogP contribution in [0.15, 0.2) is 48.5 Å². The van der Waals surface area contributed by atoms with Crippen molar-refractivity contribution >= 4 is 23.2 Å². The molecule has 3 nitrogen and oxygen atoms in total. The minimum atomic E-state index is -0.764. The maximum atomic E-state index is 10.1. The highest BCUT2D eigenvalue weighted by Crippen LogP contribution is 2.26. The quantitative estimate of drug-likeness (QED) is 0.856. The Hall–Kier alpha value is -1.26. The Bertz CT molecular complexity index is 578. The summed E-state index contributed by atoms with van der Waals surface area (Å²) < 4.78 is 5.49. The average Bonchev–Trinajstić information content (AvgIpc) is 2.49. The van der Waals surface area contributed by atoms with E-state index in [4.69, 9.17) is 33.7 Å². The second-order valence-electron chi connectivity index (χ2n) is 4.81. The van der Waals surface area contributed by atoms with Crippen LogP contribution in [0, 0.1) is 0 Å². The molecule has 2 atom stereocenters. The lowest BCUT2D eigenvalue weighted by molar-refractivity contribution is 0.0851. The first-order valence-corrected chi connectivity index (χ1v) is 7.37. The first-order valence-electron chi connectivity index (χ1n) is 6.61. The van der Waals surface area contributed by atoms with Crippen molar-refractivity contribution in [2.24, 2.45) is 5.73 Å². The standard InChI is InChI=1S/C16H17Cl2NO2/c17-13-7-6-12(9-14(13)18)21-10-16(20)15(19)8-11-4-2-1-3-5-11/h1-7,9,15-16,20H,8,10,19H2. The third-order valence-corrected chi connectivity index (χ3v) is 3.86. The largest absolute Gasteiger partial charge is 0.491 e. The molecule has 0 aliphatic rings. The summed E-state index contributed by atoms with van der Waals surface area (Å²) in [6, 6.07) is 14.4. The molecule has 0 spiro atoms. The van der Waals surface area contributed by atoms with E-state index in [1.807, 2.05) is 30.3 Å². The van der Waals surface area contributed by atoms with Gasteiger partial charge in [0, 0.05) is 12.1 Å². The van der Waals surface area contributed by atoms with E-state index in [2.05, 4.69) is 0 Å². The Kier molecular flexibility index (Phi) is 5.88. The fourth-order valence-electron chi connectivity index (χ4n) is 1.89. The van der Waals surface area contributed by atoms with Gasteiger partial charge >= 0.3 is 0 Å². The van der Waals surface area contributed by atoms with Gasteiger partial charge in [-0.15, -0.1) is 0 Å². The van der Waals surface area contributed by atoms with Crippen molar-refractivity contribution < 1.29 is 9.84 Å². The summed E-state index contributed by atoms with van der Waals surface area (Å²) in [5.74, 6) is 0.551. The van der Waals surface area contributed by atoms with Crippen LogP contribution < -0.4 is 10.5 Å². The molecule has 2 aromatic rings. The lowest BCUT2D eigenvalue weighted by atomic mass is 10.0. The predicted octanol–water partition coefficient (Wildman–Crippen LogP) is 3.30. The van der Waals surface area contributed by atoms with Gasteiger partial charge in [0.05, 0.1) is 10.0 Å². The van der Waals surface area contributed by atoms with Crippen LogP contribution in [0.1, 0.15) is 5.56 Å². The Morgan fingerprint density at radius 1 is 1.05 bits per heavy atom. The Balaban J connectivity index is 1.86. The molecule has 0 bridgehead atoms. The van der Waals surface area contributed by atoms with E-state index in [0.29, 0.717) is 22.2 Å². The summed E-state index contributed by atoms with van der Waals surface area (Å²) in [7, 11) is 0. The first kappa shape index (κ1) is 16.1. The molecule has 0 aliphatic heterocycles. The molecule has 2 unspecified atom stereocenters. The molecule has 5 heteroatoms. The highest BCUT2D eigenvalue weighted by Gasteiger charge is 2.16. The topological polar surface area (TPSA) is 55.5 Å². The van der Waals surface area contributed by atoms with E-state index in [1.54, 1.807) is 18.2 Å². The fraction of sp³-hybridized carbons (Fsp3) is 0.250. The number of ether oxygens (including phenoxy) is 1. The van der Waals surface area contributed by atoms with Gasteiger partial charge in [-0.1, -0.05) is 53.5 Å². The summed E-state index contributed by atoms with van der Waals surface area (Å²) >= 11 is 11.7. The van der Waals surface area contributed by atoms with Crippen LogP contribution in [-0.4, -0.2) is 23.9 Å². The normalized spacial score (nSPS) is 13.7. The SMILES string of the molecule is NC(Cc1ccccc1)C(O)COc1ccc(Cl)c(Cl)c1. The van der Waals surface area contributed by atoms with E-state index in [0.717, 1.165) is 5.56 Å². The molecule has 3 N–H and O–H groups in total. The zero-order chi connectivity index (χ0) is 15.2. The van der Waals surface area contributed by atoms with Crippen molar-refractivity contribution in [3.8, 4) is 5.75 Å². The van der Waals surface area contributed by atoms with Crippen molar-refractivity contribution in [3.05, 3.63) is 64.1 Å². The average molecular weight is 326 g/mol. The zero-order valence-electron chi connectivity index (χ0n) is 11.4. The Labute approximate surface area is 134 Å². The van der Waals surface area contributed by atoms with Gasteiger partial charge in [0.1, 0.15) is 18.5 Å². The summed E-state index contributed by atoms with van der Waals surface area (Å²) in [6.07, 6.45) is -0.174. The highest BCUT2D eigenvalue weighted by atomic mass is 35.5. The monoisotopic (exact) mass is 325 g/mol. The van der Waals surface area contributed by atoms with Crippen molar-refractivity contribution in [1.29, 1.82) is 0 Å². The number of hydrogen-bond acceptors (Lipinski definition) is 3. The molecule has 112 valence electrons. The third kappa shape index (κ3) is 4.90. The maximum absolute atomic E-state index is 10.1. The van der Waals surface area contributed by atoms with Gasteiger partial charge < -0.3 is 15.6 Å². The number of nitrogens with two attached hydrogens (primary N) is 1. The molecule has 2 rings (SSSR count). The van der Waals surface area contributed by atoms with Gasteiger partial charge in [0.25, 0.3) is 0 Å². The van der Waals surface area contributed by atoms with Crippen molar-refractivity contribution in [1.82, 2.24) is 0 Å². The van der Waals surface area contributed by atoms with Crippen LogP contribution in [0.25, 0.3) is 0 Å². The summed E-state index contributed by atoms with van der Waals surface area (Å²) in [6.45, 7) is 0.103. The lowest BCUT2D eigenvalue weighted by Gasteiger charge is -2.19. The Morgan fingerprint density at radius 2 is 1.76 bits per heavy atom. The molecule has 0 aromatic heterocycles. The molecular formula is C16H17Cl2NO2. The smallest absolute Gasteiger partial charge is 0.121 e. The fourth-order valence-corrected chi connectivity index (χ4v) is 2.18. The van der Waals surface area contributed by atoms with Crippen LogP contribution in [0.3, 0.4) is 0 Å². The first-order chi connectivity index (χ1) is 10.1. The van der Waals surface area contributed by atoms with Crippen LogP contribution in [0.4, 0.5) is 0 Å². The van der Waals surface area contributed by atoms with E-state index < -0.39 is 12.1 Å². The maximum Gasteiger partial charge on any atom is 0.121 e. The van der Waals surface area contributed by atoms with Gasteiger partial charge in [-0.3, -0.25) is 0 Å². The summed E-state index contributed by atoms with van der Waals surface area (Å²) in [4.78, 5) is 0. The molecule has 0 heterocycles. The van der Waals surface area contributed by atoms with E-state index in [-0.39, 0.29) is 6.61 Å². The minimum Gasteiger partial charge on any atom is -0.491 e. The lowest BCUT2D eigenvalue weighted by Crippen LogP contribution is -2.40. The number of benzene rings is 2. The van der Waals surface area contributed by atoms with Gasteiger partial charge in [-0.25, -0.2) is 0 Å². The van der Waals surface area contributed by atoms with Gasteiger partial charge in [-0.2, -0.15) is 0 Å². The van der Waals surface area contributed by atoms with Crippen molar-refractivity contribution in [2.75, 3.05) is 6.61 Å². The number of hydrogen-bond donors (Lipinski definition) is 2. The summed E-state index contributed by atoms with van der Waals surface area (Å²) in [5, 5.41) is 10.9. The molecule has 0 aliphatic carbocycles.